The number of methoxy groups -OCH3 is 1. The summed E-state index contributed by atoms with van der Waals surface area (Å²) < 4.78 is 5.16. The molecule has 1 aliphatic carbocycles. The van der Waals surface area contributed by atoms with Gasteiger partial charge in [0.2, 0.25) is 5.91 Å². The molecule has 0 radical (unpaired) electrons. The molecule has 5 rings (SSSR count). The molecule has 25 heavy (non-hydrogen) atoms. The van der Waals surface area contributed by atoms with E-state index >= 15 is 0 Å². The molecule has 1 spiro atoms. The molecule has 5 nitrogen and oxygen atoms in total. The number of ether oxygens (including phenoxy) is 1. The Morgan fingerprint density at radius 3 is 2.64 bits per heavy atom. The smallest absolute Gasteiger partial charge is 0.235 e. The highest BCUT2D eigenvalue weighted by Crippen LogP contribution is 2.55. The SMILES string of the molecule is COc1ccc2c(c1)C1(CC1)C(=O)N2.Cc1ccc2c(C)[nH]nc2c1. The third-order valence-corrected chi connectivity index (χ3v) is 5.08. The van der Waals surface area contributed by atoms with Crippen molar-refractivity contribution < 1.29 is 9.53 Å². The number of nitrogens with one attached hydrogen (secondary N) is 2. The maximum absolute atomic E-state index is 11.7. The lowest BCUT2D eigenvalue weighted by molar-refractivity contribution is -0.117. The van der Waals surface area contributed by atoms with E-state index in [4.69, 9.17) is 4.74 Å². The first kappa shape index (κ1) is 15.7. The van der Waals surface area contributed by atoms with E-state index in [0.717, 1.165) is 41.1 Å². The zero-order chi connectivity index (χ0) is 17.6. The molecule has 2 N–H and O–H groups in total. The number of carbonyl (C=O) groups is 1. The van der Waals surface area contributed by atoms with Crippen LogP contribution in [0, 0.1) is 13.8 Å². The molecule has 128 valence electrons. The van der Waals surface area contributed by atoms with E-state index in [1.165, 1.54) is 10.9 Å². The van der Waals surface area contributed by atoms with Gasteiger partial charge in [-0.1, -0.05) is 12.1 Å². The van der Waals surface area contributed by atoms with Gasteiger partial charge in [-0.2, -0.15) is 5.10 Å². The Labute approximate surface area is 146 Å². The molecule has 0 saturated heterocycles. The highest BCUT2D eigenvalue weighted by atomic mass is 16.5. The summed E-state index contributed by atoms with van der Waals surface area (Å²) in [5, 5.41) is 11.2. The Bertz CT molecular complexity index is 970. The molecule has 0 atom stereocenters. The summed E-state index contributed by atoms with van der Waals surface area (Å²) in [5.41, 5.74) is 5.31. The third kappa shape index (κ3) is 2.56. The first-order valence-corrected chi connectivity index (χ1v) is 8.45. The minimum atomic E-state index is -0.204. The highest BCUT2D eigenvalue weighted by molar-refractivity contribution is 6.08. The van der Waals surface area contributed by atoms with Gasteiger partial charge in [0, 0.05) is 16.8 Å². The van der Waals surface area contributed by atoms with Crippen molar-refractivity contribution in [2.24, 2.45) is 0 Å². The van der Waals surface area contributed by atoms with Gasteiger partial charge in [0.25, 0.3) is 0 Å². The lowest BCUT2D eigenvalue weighted by atomic mass is 9.98. The van der Waals surface area contributed by atoms with Gasteiger partial charge in [0.05, 0.1) is 18.0 Å². The fourth-order valence-corrected chi connectivity index (χ4v) is 3.40. The second kappa shape index (κ2) is 5.62. The zero-order valence-electron chi connectivity index (χ0n) is 14.6. The number of carbonyl (C=O) groups excluding carboxylic acids is 1. The van der Waals surface area contributed by atoms with E-state index in [0.29, 0.717) is 0 Å². The molecular weight excluding hydrogens is 314 g/mol. The van der Waals surface area contributed by atoms with Crippen molar-refractivity contribution in [2.75, 3.05) is 12.4 Å². The van der Waals surface area contributed by atoms with Crippen LogP contribution in [0.5, 0.6) is 5.75 Å². The van der Waals surface area contributed by atoms with Crippen LogP contribution in [0.25, 0.3) is 10.9 Å². The Kier molecular flexibility index (Phi) is 3.53. The lowest BCUT2D eigenvalue weighted by Crippen LogP contribution is -2.18. The van der Waals surface area contributed by atoms with Crippen LogP contribution in [-0.4, -0.2) is 23.2 Å². The van der Waals surface area contributed by atoms with Crippen LogP contribution in [0.15, 0.2) is 36.4 Å². The molecule has 0 bridgehead atoms. The molecular formula is C20H21N3O2. The number of hydrogen-bond donors (Lipinski definition) is 2. The average Bonchev–Trinajstić information content (AvgIpc) is 3.28. The predicted octanol–water partition coefficient (Wildman–Crippen LogP) is 3.86. The first-order chi connectivity index (χ1) is 12.0. The molecule has 1 fully saturated rings. The van der Waals surface area contributed by atoms with Gasteiger partial charge in [-0.25, -0.2) is 0 Å². The number of aromatic amines is 1. The topological polar surface area (TPSA) is 67.0 Å². The van der Waals surface area contributed by atoms with Crippen LogP contribution in [0.1, 0.15) is 29.7 Å². The first-order valence-electron chi connectivity index (χ1n) is 8.45. The average molecular weight is 335 g/mol. The van der Waals surface area contributed by atoms with Crippen molar-refractivity contribution in [2.45, 2.75) is 32.1 Å². The minimum absolute atomic E-state index is 0.153. The van der Waals surface area contributed by atoms with E-state index in [-0.39, 0.29) is 11.3 Å². The number of benzene rings is 2. The van der Waals surface area contributed by atoms with Crippen LogP contribution in [0.4, 0.5) is 5.69 Å². The molecule has 2 aliphatic rings. The second-order valence-electron chi connectivity index (χ2n) is 6.82. The molecule has 1 aromatic heterocycles. The van der Waals surface area contributed by atoms with Crippen molar-refractivity contribution in [3.8, 4) is 5.75 Å². The number of amides is 1. The summed E-state index contributed by atoms with van der Waals surface area (Å²) in [6.45, 7) is 4.11. The monoisotopic (exact) mass is 335 g/mol. The van der Waals surface area contributed by atoms with Crippen LogP contribution in [0.3, 0.4) is 0 Å². The quantitative estimate of drug-likeness (QED) is 0.709. The van der Waals surface area contributed by atoms with Gasteiger partial charge in [0.15, 0.2) is 0 Å². The van der Waals surface area contributed by atoms with Gasteiger partial charge >= 0.3 is 0 Å². The number of H-pyrrole nitrogens is 1. The molecule has 0 unspecified atom stereocenters. The van der Waals surface area contributed by atoms with Crippen LogP contribution < -0.4 is 10.1 Å². The van der Waals surface area contributed by atoms with Crippen LogP contribution in [0.2, 0.25) is 0 Å². The lowest BCUT2D eigenvalue weighted by Gasteiger charge is -2.06. The fraction of sp³-hybridized carbons (Fsp3) is 0.300. The Morgan fingerprint density at radius 1 is 1.12 bits per heavy atom. The number of fused-ring (bicyclic) bond motifs is 3. The molecule has 1 saturated carbocycles. The van der Waals surface area contributed by atoms with Crippen LogP contribution >= 0.6 is 0 Å². The van der Waals surface area contributed by atoms with Gasteiger partial charge in [-0.3, -0.25) is 9.89 Å². The number of aromatic nitrogens is 2. The minimum Gasteiger partial charge on any atom is -0.497 e. The Balaban J connectivity index is 0.000000129. The van der Waals surface area contributed by atoms with Gasteiger partial charge in [-0.05, 0) is 62.1 Å². The van der Waals surface area contributed by atoms with Crippen molar-refractivity contribution >= 4 is 22.5 Å². The van der Waals surface area contributed by atoms with Crippen molar-refractivity contribution in [1.29, 1.82) is 0 Å². The zero-order valence-corrected chi connectivity index (χ0v) is 14.6. The van der Waals surface area contributed by atoms with Crippen molar-refractivity contribution in [3.05, 3.63) is 53.2 Å². The number of hydrogen-bond acceptors (Lipinski definition) is 3. The maximum atomic E-state index is 11.7. The largest absolute Gasteiger partial charge is 0.497 e. The predicted molar refractivity (Wildman–Crippen MR) is 98.1 cm³/mol. The van der Waals surface area contributed by atoms with Gasteiger partial charge in [-0.15, -0.1) is 0 Å². The summed E-state index contributed by atoms with van der Waals surface area (Å²) >= 11 is 0. The van der Waals surface area contributed by atoms with E-state index in [2.05, 4.69) is 40.6 Å². The van der Waals surface area contributed by atoms with Gasteiger partial charge < -0.3 is 10.1 Å². The summed E-state index contributed by atoms with van der Waals surface area (Å²) in [6, 6.07) is 12.0. The molecule has 2 aromatic carbocycles. The maximum Gasteiger partial charge on any atom is 0.235 e. The van der Waals surface area contributed by atoms with E-state index in [9.17, 15) is 4.79 Å². The summed E-state index contributed by atoms with van der Waals surface area (Å²) in [4.78, 5) is 11.7. The standard InChI is InChI=1S/C11H11NO2.C9H10N2/c1-14-7-2-3-9-8(6-7)11(4-5-11)10(13)12-9;1-6-3-4-8-7(2)10-11-9(8)5-6/h2-3,6H,4-5H2,1H3,(H,12,13);3-5H,1-2H3,(H,10,11). The third-order valence-electron chi connectivity index (χ3n) is 5.08. The number of anilines is 1. The molecule has 5 heteroatoms. The molecule has 1 aliphatic heterocycles. The number of rotatable bonds is 1. The van der Waals surface area contributed by atoms with E-state index < -0.39 is 0 Å². The van der Waals surface area contributed by atoms with Crippen LogP contribution in [-0.2, 0) is 10.2 Å². The molecule has 2 heterocycles. The normalized spacial score (nSPS) is 16.2. The fourth-order valence-electron chi connectivity index (χ4n) is 3.40. The summed E-state index contributed by atoms with van der Waals surface area (Å²) in [6.07, 6.45) is 1.94. The Hall–Kier alpha value is -2.82. The number of nitrogens with zero attached hydrogens (tertiary/aromatic N) is 1. The van der Waals surface area contributed by atoms with Gasteiger partial charge in [0.1, 0.15) is 5.75 Å². The van der Waals surface area contributed by atoms with E-state index in [1.807, 2.05) is 25.1 Å². The summed E-state index contributed by atoms with van der Waals surface area (Å²) in [7, 11) is 1.64. The van der Waals surface area contributed by atoms with E-state index in [1.54, 1.807) is 7.11 Å². The number of aryl methyl sites for hydroxylation is 2. The summed E-state index contributed by atoms with van der Waals surface area (Å²) in [5.74, 6) is 0.979. The molecule has 1 amide bonds. The molecule has 3 aromatic rings. The Morgan fingerprint density at radius 2 is 1.92 bits per heavy atom. The van der Waals surface area contributed by atoms with Crippen molar-refractivity contribution in [3.63, 3.8) is 0 Å². The van der Waals surface area contributed by atoms with Crippen molar-refractivity contribution in [1.82, 2.24) is 10.2 Å². The second-order valence-corrected chi connectivity index (χ2v) is 6.82. The highest BCUT2D eigenvalue weighted by Gasteiger charge is 2.56.